The SMILES string of the molecule is CC(C)NC(=O)C(C)N(Cc1ccccc1F)C(=O)CSCc1ccc(Cl)c(Cl)c1. The highest BCUT2D eigenvalue weighted by Crippen LogP contribution is 2.25. The zero-order chi connectivity index (χ0) is 22.3. The lowest BCUT2D eigenvalue weighted by atomic mass is 10.1. The van der Waals surface area contributed by atoms with E-state index >= 15 is 0 Å². The summed E-state index contributed by atoms with van der Waals surface area (Å²) in [6.07, 6.45) is 0. The molecule has 0 heterocycles. The van der Waals surface area contributed by atoms with Gasteiger partial charge in [-0.05, 0) is 44.5 Å². The summed E-state index contributed by atoms with van der Waals surface area (Å²) in [5.41, 5.74) is 1.30. The Morgan fingerprint density at radius 1 is 1.10 bits per heavy atom. The molecule has 30 heavy (non-hydrogen) atoms. The van der Waals surface area contributed by atoms with Crippen LogP contribution in [0.5, 0.6) is 0 Å². The summed E-state index contributed by atoms with van der Waals surface area (Å²) in [6, 6.07) is 10.8. The number of halogens is 3. The van der Waals surface area contributed by atoms with Crippen LogP contribution in [0.3, 0.4) is 0 Å². The molecule has 0 bridgehead atoms. The third kappa shape index (κ3) is 7.18. The van der Waals surface area contributed by atoms with Crippen LogP contribution in [0.25, 0.3) is 0 Å². The molecule has 0 radical (unpaired) electrons. The predicted molar refractivity (Wildman–Crippen MR) is 122 cm³/mol. The second kappa shape index (κ2) is 11.6. The largest absolute Gasteiger partial charge is 0.352 e. The molecule has 8 heteroatoms. The fourth-order valence-corrected chi connectivity index (χ4v) is 3.94. The zero-order valence-electron chi connectivity index (χ0n) is 17.1. The van der Waals surface area contributed by atoms with Crippen LogP contribution in [0.15, 0.2) is 42.5 Å². The van der Waals surface area contributed by atoms with Gasteiger partial charge < -0.3 is 10.2 Å². The molecule has 1 N–H and O–H groups in total. The van der Waals surface area contributed by atoms with Crippen molar-refractivity contribution in [2.45, 2.75) is 45.2 Å². The summed E-state index contributed by atoms with van der Waals surface area (Å²) >= 11 is 13.4. The molecule has 2 rings (SSSR count). The first-order valence-corrected chi connectivity index (χ1v) is 11.4. The van der Waals surface area contributed by atoms with Crippen molar-refractivity contribution in [1.82, 2.24) is 10.2 Å². The first-order valence-electron chi connectivity index (χ1n) is 9.54. The lowest BCUT2D eigenvalue weighted by Crippen LogP contribution is -2.49. The monoisotopic (exact) mass is 470 g/mol. The van der Waals surface area contributed by atoms with Crippen molar-refractivity contribution in [2.75, 3.05) is 5.75 Å². The molecule has 0 saturated heterocycles. The van der Waals surface area contributed by atoms with Crippen LogP contribution in [0.4, 0.5) is 4.39 Å². The highest BCUT2D eigenvalue weighted by atomic mass is 35.5. The molecule has 2 amide bonds. The topological polar surface area (TPSA) is 49.4 Å². The Labute approximate surface area is 191 Å². The van der Waals surface area contributed by atoms with Gasteiger partial charge in [-0.25, -0.2) is 4.39 Å². The Kier molecular flexibility index (Phi) is 9.46. The van der Waals surface area contributed by atoms with E-state index in [1.807, 2.05) is 19.9 Å². The molecule has 0 fully saturated rings. The number of hydrogen-bond donors (Lipinski definition) is 1. The number of amides is 2. The number of carbonyl (C=O) groups is 2. The molecule has 4 nitrogen and oxygen atoms in total. The molecular weight excluding hydrogens is 446 g/mol. The van der Waals surface area contributed by atoms with Gasteiger partial charge in [0.2, 0.25) is 11.8 Å². The number of hydrogen-bond acceptors (Lipinski definition) is 3. The minimum absolute atomic E-state index is 0.0194. The molecule has 1 unspecified atom stereocenters. The third-order valence-electron chi connectivity index (χ3n) is 4.38. The molecule has 162 valence electrons. The van der Waals surface area contributed by atoms with Gasteiger partial charge in [-0.1, -0.05) is 47.5 Å². The molecule has 0 aliphatic heterocycles. The van der Waals surface area contributed by atoms with Crippen molar-refractivity contribution in [2.24, 2.45) is 0 Å². The van der Waals surface area contributed by atoms with Crippen molar-refractivity contribution in [1.29, 1.82) is 0 Å². The van der Waals surface area contributed by atoms with Crippen LogP contribution in [0.1, 0.15) is 31.9 Å². The first-order chi connectivity index (χ1) is 14.2. The number of nitrogens with one attached hydrogen (secondary N) is 1. The van der Waals surface area contributed by atoms with E-state index < -0.39 is 11.9 Å². The van der Waals surface area contributed by atoms with Gasteiger partial charge in [-0.3, -0.25) is 9.59 Å². The maximum absolute atomic E-state index is 14.2. The van der Waals surface area contributed by atoms with E-state index in [0.29, 0.717) is 21.4 Å². The van der Waals surface area contributed by atoms with Gasteiger partial charge in [0.15, 0.2) is 0 Å². The van der Waals surface area contributed by atoms with E-state index in [0.717, 1.165) is 5.56 Å². The van der Waals surface area contributed by atoms with E-state index in [2.05, 4.69) is 5.32 Å². The Morgan fingerprint density at radius 2 is 1.80 bits per heavy atom. The van der Waals surface area contributed by atoms with Crippen LogP contribution >= 0.6 is 35.0 Å². The predicted octanol–water partition coefficient (Wildman–Crippen LogP) is 5.31. The Balaban J connectivity index is 2.09. The molecule has 2 aromatic rings. The standard InChI is InChI=1S/C22H25Cl2FN2O2S/c1-14(2)26-22(29)15(3)27(11-17-6-4-5-7-20(17)25)21(28)13-30-12-16-8-9-18(23)19(24)10-16/h4-10,14-15H,11-13H2,1-3H3,(H,26,29). The molecule has 0 saturated carbocycles. The van der Waals surface area contributed by atoms with E-state index in [1.165, 1.54) is 22.7 Å². The molecule has 0 aliphatic rings. The Hall–Kier alpha value is -1.76. The van der Waals surface area contributed by atoms with E-state index in [4.69, 9.17) is 23.2 Å². The summed E-state index contributed by atoms with van der Waals surface area (Å²) in [7, 11) is 0. The summed E-state index contributed by atoms with van der Waals surface area (Å²) in [4.78, 5) is 26.9. The lowest BCUT2D eigenvalue weighted by Gasteiger charge is -2.29. The second-order valence-electron chi connectivity index (χ2n) is 7.19. The van der Waals surface area contributed by atoms with Crippen molar-refractivity contribution < 1.29 is 14.0 Å². The zero-order valence-corrected chi connectivity index (χ0v) is 19.5. The molecule has 1 atom stereocenters. The summed E-state index contributed by atoms with van der Waals surface area (Å²) in [5.74, 6) is -0.217. The maximum atomic E-state index is 14.2. The molecule has 0 aliphatic carbocycles. The minimum atomic E-state index is -0.731. The van der Waals surface area contributed by atoms with Gasteiger partial charge in [-0.2, -0.15) is 0 Å². The highest BCUT2D eigenvalue weighted by Gasteiger charge is 2.27. The number of nitrogens with zero attached hydrogens (tertiary/aromatic N) is 1. The van der Waals surface area contributed by atoms with Gasteiger partial charge >= 0.3 is 0 Å². The van der Waals surface area contributed by atoms with E-state index in [1.54, 1.807) is 37.3 Å². The fourth-order valence-electron chi connectivity index (χ4n) is 2.77. The normalized spacial score (nSPS) is 12.0. The van der Waals surface area contributed by atoms with Crippen LogP contribution in [0, 0.1) is 5.82 Å². The van der Waals surface area contributed by atoms with Gasteiger partial charge in [0.05, 0.1) is 15.8 Å². The smallest absolute Gasteiger partial charge is 0.242 e. The van der Waals surface area contributed by atoms with Crippen molar-refractivity contribution in [3.63, 3.8) is 0 Å². The van der Waals surface area contributed by atoms with Gasteiger partial charge in [0.1, 0.15) is 11.9 Å². The Morgan fingerprint density at radius 3 is 2.43 bits per heavy atom. The lowest BCUT2D eigenvalue weighted by molar-refractivity contribution is -0.138. The molecular formula is C22H25Cl2FN2O2S. The van der Waals surface area contributed by atoms with E-state index in [9.17, 15) is 14.0 Å². The number of rotatable bonds is 9. The second-order valence-corrected chi connectivity index (χ2v) is 8.99. The third-order valence-corrected chi connectivity index (χ3v) is 6.10. The van der Waals surface area contributed by atoms with Crippen molar-refractivity contribution in [3.05, 3.63) is 69.5 Å². The quantitative estimate of drug-likeness (QED) is 0.540. The van der Waals surface area contributed by atoms with Gasteiger partial charge in [0, 0.05) is 23.9 Å². The molecule has 2 aromatic carbocycles. The average Bonchev–Trinajstić information content (AvgIpc) is 2.69. The fraction of sp³-hybridized carbons (Fsp3) is 0.364. The maximum Gasteiger partial charge on any atom is 0.242 e. The molecule has 0 aromatic heterocycles. The van der Waals surface area contributed by atoms with Gasteiger partial charge in [0.25, 0.3) is 0 Å². The molecule has 0 spiro atoms. The van der Waals surface area contributed by atoms with Crippen LogP contribution in [-0.4, -0.2) is 34.6 Å². The minimum Gasteiger partial charge on any atom is -0.352 e. The van der Waals surface area contributed by atoms with Crippen molar-refractivity contribution in [3.8, 4) is 0 Å². The number of carbonyl (C=O) groups excluding carboxylic acids is 2. The number of thioether (sulfide) groups is 1. The average molecular weight is 471 g/mol. The van der Waals surface area contributed by atoms with Crippen LogP contribution in [-0.2, 0) is 21.9 Å². The number of benzene rings is 2. The van der Waals surface area contributed by atoms with Crippen LogP contribution < -0.4 is 5.32 Å². The van der Waals surface area contributed by atoms with Gasteiger partial charge in [-0.15, -0.1) is 11.8 Å². The van der Waals surface area contributed by atoms with Crippen LogP contribution in [0.2, 0.25) is 10.0 Å². The first kappa shape index (κ1) is 24.5. The highest BCUT2D eigenvalue weighted by molar-refractivity contribution is 7.99. The summed E-state index contributed by atoms with van der Waals surface area (Å²) < 4.78 is 14.2. The summed E-state index contributed by atoms with van der Waals surface area (Å²) in [6.45, 7) is 5.37. The van der Waals surface area contributed by atoms with E-state index in [-0.39, 0.29) is 30.2 Å². The Bertz CT molecular complexity index is 895. The van der Waals surface area contributed by atoms with Crippen molar-refractivity contribution >= 4 is 46.8 Å². The summed E-state index contributed by atoms with van der Waals surface area (Å²) in [5, 5.41) is 3.75.